The van der Waals surface area contributed by atoms with Crippen LogP contribution >= 0.6 is 11.3 Å². The van der Waals surface area contributed by atoms with Gasteiger partial charge >= 0.3 is 5.00 Å². The molecule has 2 fully saturated rings. The van der Waals surface area contributed by atoms with Crippen LogP contribution in [0.4, 0.5) is 5.00 Å². The number of thiophene rings is 1. The van der Waals surface area contributed by atoms with Crippen molar-refractivity contribution in [3.63, 3.8) is 0 Å². The van der Waals surface area contributed by atoms with Crippen LogP contribution < -0.4 is 10.6 Å². The summed E-state index contributed by atoms with van der Waals surface area (Å²) in [6.45, 7) is 2.67. The molecular formula is C16H22N4O4S. The smallest absolute Gasteiger partial charge is 0.324 e. The average molecular weight is 366 g/mol. The molecule has 9 heteroatoms. The van der Waals surface area contributed by atoms with E-state index in [0.29, 0.717) is 25.2 Å². The van der Waals surface area contributed by atoms with Gasteiger partial charge in [-0.1, -0.05) is 11.3 Å². The Kier molecular flexibility index (Phi) is 5.64. The van der Waals surface area contributed by atoms with E-state index in [9.17, 15) is 19.7 Å². The van der Waals surface area contributed by atoms with E-state index in [1.165, 1.54) is 11.4 Å². The number of hydrogen-bond acceptors (Lipinski definition) is 6. The van der Waals surface area contributed by atoms with E-state index in [1.807, 2.05) is 0 Å². The zero-order valence-corrected chi connectivity index (χ0v) is 14.7. The van der Waals surface area contributed by atoms with Gasteiger partial charge in [0, 0.05) is 31.1 Å². The topological polar surface area (TPSA) is 105 Å². The number of nitrogens with zero attached hydrogens (tertiary/aromatic N) is 2. The van der Waals surface area contributed by atoms with Crippen LogP contribution in [0.2, 0.25) is 0 Å². The van der Waals surface area contributed by atoms with Gasteiger partial charge in [-0.2, -0.15) is 0 Å². The molecule has 1 aromatic heterocycles. The SMILES string of the molecule is O=C(NCC1CCCN(C(=O)c2csc([N+](=O)[O-])c2)C1)C1CCCN1. The summed E-state index contributed by atoms with van der Waals surface area (Å²) < 4.78 is 0. The quantitative estimate of drug-likeness (QED) is 0.605. The lowest BCUT2D eigenvalue weighted by atomic mass is 9.97. The van der Waals surface area contributed by atoms with Gasteiger partial charge in [-0.15, -0.1) is 0 Å². The van der Waals surface area contributed by atoms with Gasteiger partial charge in [-0.3, -0.25) is 19.7 Å². The number of piperidine rings is 1. The van der Waals surface area contributed by atoms with Gasteiger partial charge in [0.2, 0.25) is 5.91 Å². The Bertz CT molecular complexity index is 656. The number of nitrogens with one attached hydrogen (secondary N) is 2. The fraction of sp³-hybridized carbons (Fsp3) is 0.625. The maximum Gasteiger partial charge on any atom is 0.324 e. The van der Waals surface area contributed by atoms with E-state index in [1.54, 1.807) is 4.90 Å². The summed E-state index contributed by atoms with van der Waals surface area (Å²) in [5, 5.41) is 18.4. The van der Waals surface area contributed by atoms with Crippen molar-refractivity contribution in [1.29, 1.82) is 0 Å². The minimum atomic E-state index is -0.479. The maximum absolute atomic E-state index is 12.5. The number of rotatable bonds is 5. The second-order valence-electron chi connectivity index (χ2n) is 6.58. The van der Waals surface area contributed by atoms with E-state index in [4.69, 9.17) is 0 Å². The van der Waals surface area contributed by atoms with E-state index in [-0.39, 0.29) is 28.8 Å². The van der Waals surface area contributed by atoms with Crippen molar-refractivity contribution in [1.82, 2.24) is 15.5 Å². The zero-order chi connectivity index (χ0) is 17.8. The lowest BCUT2D eigenvalue weighted by Gasteiger charge is -2.33. The molecule has 0 saturated carbocycles. The third-order valence-electron chi connectivity index (χ3n) is 4.76. The molecule has 0 aliphatic carbocycles. The molecule has 2 aliphatic rings. The Morgan fingerprint density at radius 2 is 2.24 bits per heavy atom. The Morgan fingerprint density at radius 3 is 2.92 bits per heavy atom. The van der Waals surface area contributed by atoms with E-state index in [2.05, 4.69) is 10.6 Å². The molecule has 25 heavy (non-hydrogen) atoms. The Balaban J connectivity index is 1.52. The molecule has 3 heterocycles. The molecule has 2 N–H and O–H groups in total. The van der Waals surface area contributed by atoms with Crippen LogP contribution in [0.1, 0.15) is 36.0 Å². The highest BCUT2D eigenvalue weighted by Crippen LogP contribution is 2.25. The van der Waals surface area contributed by atoms with Crippen LogP contribution in [0, 0.1) is 16.0 Å². The van der Waals surface area contributed by atoms with Crippen LogP contribution in [0.25, 0.3) is 0 Å². The van der Waals surface area contributed by atoms with Gasteiger partial charge in [-0.25, -0.2) is 0 Å². The molecule has 2 atom stereocenters. The minimum absolute atomic E-state index is 0.0202. The number of nitro groups is 1. The van der Waals surface area contributed by atoms with Gasteiger partial charge in [0.25, 0.3) is 5.91 Å². The van der Waals surface area contributed by atoms with Crippen molar-refractivity contribution in [3.05, 3.63) is 27.1 Å². The lowest BCUT2D eigenvalue weighted by molar-refractivity contribution is -0.380. The molecule has 3 rings (SSSR count). The molecular weight excluding hydrogens is 344 g/mol. The average Bonchev–Trinajstić information content (AvgIpc) is 3.30. The van der Waals surface area contributed by atoms with Crippen LogP contribution in [0.5, 0.6) is 0 Å². The van der Waals surface area contributed by atoms with Crippen LogP contribution in [0.15, 0.2) is 11.4 Å². The third kappa shape index (κ3) is 4.35. The fourth-order valence-corrected chi connectivity index (χ4v) is 4.11. The first kappa shape index (κ1) is 17.8. The van der Waals surface area contributed by atoms with Crippen molar-refractivity contribution in [2.75, 3.05) is 26.2 Å². The van der Waals surface area contributed by atoms with Gasteiger partial charge in [-0.05, 0) is 38.1 Å². The third-order valence-corrected chi connectivity index (χ3v) is 5.64. The summed E-state index contributed by atoms with van der Waals surface area (Å²) in [7, 11) is 0. The highest BCUT2D eigenvalue weighted by atomic mass is 32.1. The summed E-state index contributed by atoms with van der Waals surface area (Å²) in [5.74, 6) is 0.0870. The maximum atomic E-state index is 12.5. The van der Waals surface area contributed by atoms with E-state index < -0.39 is 4.92 Å². The van der Waals surface area contributed by atoms with E-state index in [0.717, 1.165) is 43.6 Å². The Labute approximate surface area is 149 Å². The summed E-state index contributed by atoms with van der Waals surface area (Å²) in [6, 6.07) is 1.25. The van der Waals surface area contributed by atoms with Crippen molar-refractivity contribution in [2.45, 2.75) is 31.7 Å². The first-order chi connectivity index (χ1) is 12.0. The van der Waals surface area contributed by atoms with Crippen molar-refractivity contribution in [3.8, 4) is 0 Å². The normalized spacial score (nSPS) is 23.4. The van der Waals surface area contributed by atoms with Crippen molar-refractivity contribution < 1.29 is 14.5 Å². The number of hydrogen-bond donors (Lipinski definition) is 2. The van der Waals surface area contributed by atoms with E-state index >= 15 is 0 Å². The molecule has 1 aromatic rings. The molecule has 2 saturated heterocycles. The second kappa shape index (κ2) is 7.92. The number of amides is 2. The summed E-state index contributed by atoms with van der Waals surface area (Å²) >= 11 is 0.969. The molecule has 0 bridgehead atoms. The van der Waals surface area contributed by atoms with Gasteiger partial charge in [0.15, 0.2) is 0 Å². The van der Waals surface area contributed by atoms with Crippen molar-refractivity contribution in [2.24, 2.45) is 5.92 Å². The van der Waals surface area contributed by atoms with Gasteiger partial charge in [0.1, 0.15) is 0 Å². The highest BCUT2D eigenvalue weighted by molar-refractivity contribution is 7.13. The number of likely N-dealkylation sites (tertiary alicyclic amines) is 1. The Hall–Kier alpha value is -2.00. The fourth-order valence-electron chi connectivity index (χ4n) is 3.41. The molecule has 0 spiro atoms. The molecule has 0 radical (unpaired) electrons. The minimum Gasteiger partial charge on any atom is -0.354 e. The first-order valence-electron chi connectivity index (χ1n) is 8.58. The molecule has 2 amide bonds. The second-order valence-corrected chi connectivity index (χ2v) is 7.47. The van der Waals surface area contributed by atoms with Gasteiger partial charge in [0.05, 0.1) is 16.5 Å². The van der Waals surface area contributed by atoms with Crippen LogP contribution in [0.3, 0.4) is 0 Å². The molecule has 2 aliphatic heterocycles. The highest BCUT2D eigenvalue weighted by Gasteiger charge is 2.28. The summed E-state index contributed by atoms with van der Waals surface area (Å²) in [6.07, 6.45) is 3.74. The predicted molar refractivity (Wildman–Crippen MR) is 93.6 cm³/mol. The van der Waals surface area contributed by atoms with Crippen molar-refractivity contribution >= 4 is 28.2 Å². The van der Waals surface area contributed by atoms with Crippen LogP contribution in [-0.4, -0.2) is 53.9 Å². The zero-order valence-electron chi connectivity index (χ0n) is 13.9. The largest absolute Gasteiger partial charge is 0.354 e. The molecule has 8 nitrogen and oxygen atoms in total. The predicted octanol–water partition coefficient (Wildman–Crippen LogP) is 1.38. The molecule has 136 valence electrons. The summed E-state index contributed by atoms with van der Waals surface area (Å²) in [4.78, 5) is 36.6. The van der Waals surface area contributed by atoms with Gasteiger partial charge < -0.3 is 15.5 Å². The number of carbonyl (C=O) groups is 2. The Morgan fingerprint density at radius 1 is 1.40 bits per heavy atom. The molecule has 0 aromatic carbocycles. The van der Waals surface area contributed by atoms with Crippen LogP contribution in [-0.2, 0) is 4.79 Å². The number of carbonyl (C=O) groups excluding carboxylic acids is 2. The monoisotopic (exact) mass is 366 g/mol. The standard InChI is InChI=1S/C16H22N4O4S/c21-15(13-4-1-5-17-13)18-8-11-3-2-6-19(9-11)16(22)12-7-14(20(23)24)25-10-12/h7,10-11,13,17H,1-6,8-9H2,(H,18,21). The lowest BCUT2D eigenvalue weighted by Crippen LogP contribution is -2.46. The first-order valence-corrected chi connectivity index (χ1v) is 9.46. The molecule has 2 unspecified atom stereocenters. The summed E-state index contributed by atoms with van der Waals surface area (Å²) in [5.41, 5.74) is 0.372.